The number of likely N-dealkylation sites (tertiary alicyclic amines) is 1. The molecule has 1 saturated carbocycles. The number of ether oxygens (including phenoxy) is 1. The lowest BCUT2D eigenvalue weighted by Crippen LogP contribution is -2.71. The Bertz CT molecular complexity index is 314. The van der Waals surface area contributed by atoms with E-state index in [-0.39, 0.29) is 12.1 Å². The van der Waals surface area contributed by atoms with Gasteiger partial charge in [0.1, 0.15) is 11.2 Å². The second kappa shape index (κ2) is 3.85. The fraction of sp³-hybridized carbons (Fsp3) is 0.917. The van der Waals surface area contributed by atoms with Gasteiger partial charge in [-0.25, -0.2) is 4.79 Å². The Morgan fingerprint density at radius 1 is 1.47 bits per heavy atom. The molecule has 1 saturated heterocycles. The molecule has 0 aromatic heterocycles. The Morgan fingerprint density at radius 3 is 2.41 bits per heavy atom. The van der Waals surface area contributed by atoms with Crippen LogP contribution in [-0.2, 0) is 4.74 Å². The molecular formula is C12H22N2O3. The van der Waals surface area contributed by atoms with Crippen LogP contribution in [0.15, 0.2) is 0 Å². The molecule has 1 unspecified atom stereocenters. The van der Waals surface area contributed by atoms with E-state index in [2.05, 4.69) is 0 Å². The molecule has 5 nitrogen and oxygen atoms in total. The normalized spacial score (nSPS) is 25.1. The molecule has 3 N–H and O–H groups in total. The van der Waals surface area contributed by atoms with E-state index in [4.69, 9.17) is 10.5 Å². The molecule has 0 aromatic rings. The van der Waals surface area contributed by atoms with Gasteiger partial charge in [0.2, 0.25) is 0 Å². The summed E-state index contributed by atoms with van der Waals surface area (Å²) in [7, 11) is 0. The summed E-state index contributed by atoms with van der Waals surface area (Å²) < 4.78 is 5.23. The van der Waals surface area contributed by atoms with Crippen LogP contribution in [0, 0.1) is 5.92 Å². The molecule has 2 fully saturated rings. The molecule has 0 radical (unpaired) electrons. The summed E-state index contributed by atoms with van der Waals surface area (Å²) in [5.74, 6) is 0.431. The fourth-order valence-electron chi connectivity index (χ4n) is 2.18. The summed E-state index contributed by atoms with van der Waals surface area (Å²) in [4.78, 5) is 13.2. The van der Waals surface area contributed by atoms with Gasteiger partial charge in [0, 0.05) is 6.04 Å². The number of hydrogen-bond acceptors (Lipinski definition) is 4. The van der Waals surface area contributed by atoms with Crippen molar-refractivity contribution < 1.29 is 14.6 Å². The molecule has 2 rings (SSSR count). The first kappa shape index (κ1) is 12.6. The van der Waals surface area contributed by atoms with Crippen molar-refractivity contribution in [2.75, 3.05) is 13.1 Å². The highest BCUT2D eigenvalue weighted by molar-refractivity contribution is 5.69. The van der Waals surface area contributed by atoms with Crippen molar-refractivity contribution in [1.29, 1.82) is 0 Å². The standard InChI is InChI=1S/C12H22N2O3/c1-11(2,3)17-10(15)14-6-12(16,7-14)9(13)8-4-5-8/h8-9,16H,4-7,13H2,1-3H3. The van der Waals surface area contributed by atoms with Gasteiger partial charge in [0.25, 0.3) is 0 Å². The van der Waals surface area contributed by atoms with E-state index in [1.165, 1.54) is 4.90 Å². The van der Waals surface area contributed by atoms with Gasteiger partial charge in [-0.1, -0.05) is 0 Å². The van der Waals surface area contributed by atoms with Gasteiger partial charge >= 0.3 is 6.09 Å². The molecule has 2 aliphatic rings. The Morgan fingerprint density at radius 2 is 2.00 bits per heavy atom. The zero-order valence-corrected chi connectivity index (χ0v) is 10.8. The number of rotatable bonds is 2. The van der Waals surface area contributed by atoms with Crippen LogP contribution in [0.25, 0.3) is 0 Å². The Kier molecular flexibility index (Phi) is 2.86. The van der Waals surface area contributed by atoms with Gasteiger partial charge in [-0.2, -0.15) is 0 Å². The van der Waals surface area contributed by atoms with Gasteiger partial charge < -0.3 is 20.5 Å². The van der Waals surface area contributed by atoms with E-state index in [1.54, 1.807) is 0 Å². The minimum Gasteiger partial charge on any atom is -0.444 e. The van der Waals surface area contributed by atoms with Crippen LogP contribution < -0.4 is 5.73 Å². The van der Waals surface area contributed by atoms with E-state index in [0.29, 0.717) is 19.0 Å². The van der Waals surface area contributed by atoms with Crippen LogP contribution in [0.1, 0.15) is 33.6 Å². The van der Waals surface area contributed by atoms with Crippen molar-refractivity contribution in [2.24, 2.45) is 11.7 Å². The second-order valence-corrected chi connectivity index (χ2v) is 6.30. The molecule has 0 spiro atoms. The summed E-state index contributed by atoms with van der Waals surface area (Å²) in [6.07, 6.45) is 1.82. The van der Waals surface area contributed by atoms with Crippen molar-refractivity contribution in [3.8, 4) is 0 Å². The van der Waals surface area contributed by atoms with Gasteiger partial charge in [0.05, 0.1) is 13.1 Å². The SMILES string of the molecule is CC(C)(C)OC(=O)N1CC(O)(C(N)C2CC2)C1. The van der Waals surface area contributed by atoms with Crippen LogP contribution in [-0.4, -0.2) is 46.4 Å². The van der Waals surface area contributed by atoms with Crippen LogP contribution in [0.5, 0.6) is 0 Å². The lowest BCUT2D eigenvalue weighted by molar-refractivity contribution is -0.115. The van der Waals surface area contributed by atoms with Gasteiger partial charge in [-0.15, -0.1) is 0 Å². The maximum Gasteiger partial charge on any atom is 0.410 e. The average Bonchev–Trinajstić information content (AvgIpc) is 2.91. The molecule has 1 heterocycles. The van der Waals surface area contributed by atoms with Gasteiger partial charge in [0.15, 0.2) is 0 Å². The van der Waals surface area contributed by atoms with Crippen LogP contribution in [0.4, 0.5) is 4.79 Å². The molecule has 1 atom stereocenters. The van der Waals surface area contributed by atoms with Gasteiger partial charge in [-0.05, 0) is 39.5 Å². The third-order valence-corrected chi connectivity index (χ3v) is 3.33. The van der Waals surface area contributed by atoms with Crippen molar-refractivity contribution in [3.63, 3.8) is 0 Å². The molecule has 98 valence electrons. The van der Waals surface area contributed by atoms with Crippen LogP contribution >= 0.6 is 0 Å². The Hall–Kier alpha value is -0.810. The summed E-state index contributed by atoms with van der Waals surface area (Å²) in [5.41, 5.74) is 4.58. The highest BCUT2D eigenvalue weighted by atomic mass is 16.6. The number of aliphatic hydroxyl groups is 1. The highest BCUT2D eigenvalue weighted by Crippen LogP contribution is 2.39. The number of amides is 1. The molecular weight excluding hydrogens is 220 g/mol. The largest absolute Gasteiger partial charge is 0.444 e. The lowest BCUT2D eigenvalue weighted by Gasteiger charge is -2.49. The predicted molar refractivity (Wildman–Crippen MR) is 63.5 cm³/mol. The molecule has 1 aliphatic heterocycles. The van der Waals surface area contributed by atoms with Gasteiger partial charge in [-0.3, -0.25) is 0 Å². The second-order valence-electron chi connectivity index (χ2n) is 6.30. The van der Waals surface area contributed by atoms with E-state index < -0.39 is 11.2 Å². The first-order valence-corrected chi connectivity index (χ1v) is 6.17. The molecule has 5 heteroatoms. The lowest BCUT2D eigenvalue weighted by atomic mass is 9.84. The fourth-order valence-corrected chi connectivity index (χ4v) is 2.18. The van der Waals surface area contributed by atoms with Crippen LogP contribution in [0.3, 0.4) is 0 Å². The average molecular weight is 242 g/mol. The number of nitrogens with zero attached hydrogens (tertiary/aromatic N) is 1. The number of β-amino-alcohol motifs (C(OH)–C–C–N with tert-alkyl or cyclic N) is 1. The minimum atomic E-state index is -0.905. The van der Waals surface area contributed by atoms with Crippen molar-refractivity contribution >= 4 is 6.09 Å². The molecule has 0 aromatic carbocycles. The van der Waals surface area contributed by atoms with E-state index in [0.717, 1.165) is 12.8 Å². The molecule has 0 bridgehead atoms. The quantitative estimate of drug-likeness (QED) is 0.747. The van der Waals surface area contributed by atoms with Crippen LogP contribution in [0.2, 0.25) is 0 Å². The first-order valence-electron chi connectivity index (χ1n) is 6.17. The van der Waals surface area contributed by atoms with E-state index >= 15 is 0 Å². The highest BCUT2D eigenvalue weighted by Gasteiger charge is 2.53. The summed E-state index contributed by atoms with van der Waals surface area (Å²) in [6.45, 7) is 6.06. The zero-order chi connectivity index (χ0) is 12.8. The third-order valence-electron chi connectivity index (χ3n) is 3.33. The number of carbonyl (C=O) groups excluding carboxylic acids is 1. The molecule has 17 heavy (non-hydrogen) atoms. The van der Waals surface area contributed by atoms with Crippen molar-refractivity contribution in [2.45, 2.75) is 50.9 Å². The summed E-state index contributed by atoms with van der Waals surface area (Å²) in [6, 6.07) is -0.207. The molecule has 1 amide bonds. The number of hydrogen-bond donors (Lipinski definition) is 2. The summed E-state index contributed by atoms with van der Waals surface area (Å²) >= 11 is 0. The zero-order valence-electron chi connectivity index (χ0n) is 10.8. The van der Waals surface area contributed by atoms with Crippen molar-refractivity contribution in [3.05, 3.63) is 0 Å². The Balaban J connectivity index is 1.83. The smallest absolute Gasteiger partial charge is 0.410 e. The topological polar surface area (TPSA) is 75.8 Å². The minimum absolute atomic E-state index is 0.207. The predicted octanol–water partition coefficient (Wildman–Crippen LogP) is 0.706. The maximum atomic E-state index is 11.7. The number of carbonyl (C=O) groups is 1. The third kappa shape index (κ3) is 2.72. The Labute approximate surface area is 102 Å². The maximum absolute atomic E-state index is 11.7. The first-order chi connectivity index (χ1) is 7.71. The van der Waals surface area contributed by atoms with E-state index in [9.17, 15) is 9.90 Å². The summed E-state index contributed by atoms with van der Waals surface area (Å²) in [5, 5.41) is 10.2. The monoisotopic (exact) mass is 242 g/mol. The van der Waals surface area contributed by atoms with Crippen molar-refractivity contribution in [1.82, 2.24) is 4.90 Å². The van der Waals surface area contributed by atoms with E-state index in [1.807, 2.05) is 20.8 Å². The number of nitrogens with two attached hydrogens (primary N) is 1. The molecule has 1 aliphatic carbocycles.